The predicted octanol–water partition coefficient (Wildman–Crippen LogP) is 6.03. The third-order valence-corrected chi connectivity index (χ3v) is 6.62. The van der Waals surface area contributed by atoms with E-state index in [0.717, 1.165) is 70.1 Å². The number of rotatable bonds is 10. The van der Waals surface area contributed by atoms with Crippen LogP contribution in [0.2, 0.25) is 0 Å². The number of benzene rings is 3. The zero-order valence-corrected chi connectivity index (χ0v) is 19.7. The van der Waals surface area contributed by atoms with Crippen LogP contribution in [0.5, 0.6) is 11.5 Å². The Morgan fingerprint density at radius 3 is 2.54 bits per heavy atom. The van der Waals surface area contributed by atoms with Gasteiger partial charge in [0.25, 0.3) is 0 Å². The van der Waals surface area contributed by atoms with E-state index in [4.69, 9.17) is 9.47 Å². The number of carboxylic acids is 1. The number of aryl methyl sites for hydroxylation is 1. The summed E-state index contributed by atoms with van der Waals surface area (Å²) in [5.41, 5.74) is 3.87. The van der Waals surface area contributed by atoms with Crippen LogP contribution in [0.3, 0.4) is 0 Å². The monoisotopic (exact) mass is 471 g/mol. The normalized spacial score (nSPS) is 13.2. The van der Waals surface area contributed by atoms with E-state index in [1.807, 2.05) is 54.6 Å². The molecule has 0 atom stereocenters. The van der Waals surface area contributed by atoms with Crippen LogP contribution in [-0.2, 0) is 17.8 Å². The first-order chi connectivity index (χ1) is 17.1. The summed E-state index contributed by atoms with van der Waals surface area (Å²) in [4.78, 5) is 23.3. The Labute approximate surface area is 204 Å². The number of nitrogens with zero attached hydrogens (tertiary/aromatic N) is 1. The molecule has 0 radical (unpaired) electrons. The van der Waals surface area contributed by atoms with E-state index in [2.05, 4.69) is 10.6 Å². The summed E-state index contributed by atoms with van der Waals surface area (Å²) in [5.74, 6) is 1.00. The fourth-order valence-corrected chi connectivity index (χ4v) is 4.92. The zero-order chi connectivity index (χ0) is 24.2. The topological polar surface area (TPSA) is 77.8 Å². The van der Waals surface area contributed by atoms with Gasteiger partial charge in [0.15, 0.2) is 5.78 Å². The van der Waals surface area contributed by atoms with Gasteiger partial charge in [-0.05, 0) is 49.9 Å². The molecule has 6 heteroatoms. The number of ketones is 1. The highest BCUT2D eigenvalue weighted by molar-refractivity contribution is 6.08. The summed E-state index contributed by atoms with van der Waals surface area (Å²) in [5, 5.41) is 11.4. The molecule has 3 aromatic carbocycles. The second-order valence-corrected chi connectivity index (χ2v) is 8.95. The highest BCUT2D eigenvalue weighted by atomic mass is 16.5. The minimum atomic E-state index is -0.812. The SMILES string of the molecule is O=C(O)CCn1c2ccccc2c2ccc(OCCCCOc3cccc4c3CCCC4=O)cc21. The van der Waals surface area contributed by atoms with Gasteiger partial charge in [-0.25, -0.2) is 0 Å². The first kappa shape index (κ1) is 23.0. The number of hydrogen-bond acceptors (Lipinski definition) is 4. The lowest BCUT2D eigenvalue weighted by molar-refractivity contribution is -0.137. The summed E-state index contributed by atoms with van der Waals surface area (Å²) < 4.78 is 14.1. The average Bonchev–Trinajstić information content (AvgIpc) is 3.18. The quantitative estimate of drug-likeness (QED) is 0.286. The highest BCUT2D eigenvalue weighted by Crippen LogP contribution is 2.32. The van der Waals surface area contributed by atoms with Crippen molar-refractivity contribution in [2.45, 2.75) is 45.1 Å². The number of fused-ring (bicyclic) bond motifs is 4. The number of carbonyl (C=O) groups excluding carboxylic acids is 1. The summed E-state index contributed by atoms with van der Waals surface area (Å²) in [6.45, 7) is 1.56. The maximum absolute atomic E-state index is 12.1. The van der Waals surface area contributed by atoms with Crippen LogP contribution < -0.4 is 9.47 Å². The minimum Gasteiger partial charge on any atom is -0.494 e. The van der Waals surface area contributed by atoms with Crippen LogP contribution >= 0.6 is 0 Å². The van der Waals surface area contributed by atoms with Crippen LogP contribution in [0.25, 0.3) is 21.8 Å². The van der Waals surface area contributed by atoms with Crippen molar-refractivity contribution >= 4 is 33.6 Å². The van der Waals surface area contributed by atoms with E-state index >= 15 is 0 Å². The van der Waals surface area contributed by atoms with Crippen LogP contribution in [0, 0.1) is 0 Å². The van der Waals surface area contributed by atoms with Crippen molar-refractivity contribution in [3.8, 4) is 11.5 Å². The van der Waals surface area contributed by atoms with Gasteiger partial charge in [-0.3, -0.25) is 9.59 Å². The largest absolute Gasteiger partial charge is 0.494 e. The van der Waals surface area contributed by atoms with Crippen molar-refractivity contribution in [1.82, 2.24) is 4.57 Å². The molecule has 1 aliphatic carbocycles. The molecule has 0 bridgehead atoms. The second kappa shape index (κ2) is 10.2. The van der Waals surface area contributed by atoms with Crippen LogP contribution in [0.4, 0.5) is 0 Å². The molecule has 1 N–H and O–H groups in total. The Balaban J connectivity index is 1.19. The molecule has 0 saturated carbocycles. The molecular weight excluding hydrogens is 442 g/mol. The lowest BCUT2D eigenvalue weighted by Gasteiger charge is -2.18. The highest BCUT2D eigenvalue weighted by Gasteiger charge is 2.20. The van der Waals surface area contributed by atoms with Gasteiger partial charge < -0.3 is 19.1 Å². The predicted molar refractivity (Wildman–Crippen MR) is 136 cm³/mol. The van der Waals surface area contributed by atoms with E-state index in [-0.39, 0.29) is 12.2 Å². The van der Waals surface area contributed by atoms with Gasteiger partial charge in [-0.15, -0.1) is 0 Å². The molecule has 35 heavy (non-hydrogen) atoms. The van der Waals surface area contributed by atoms with E-state index in [1.165, 1.54) is 0 Å². The molecule has 0 amide bonds. The van der Waals surface area contributed by atoms with Gasteiger partial charge >= 0.3 is 5.97 Å². The number of para-hydroxylation sites is 1. The molecule has 0 aliphatic heterocycles. The third-order valence-electron chi connectivity index (χ3n) is 6.62. The average molecular weight is 472 g/mol. The molecule has 0 spiro atoms. The molecular formula is C29H29NO5. The number of aromatic nitrogens is 1. The van der Waals surface area contributed by atoms with Crippen molar-refractivity contribution in [3.63, 3.8) is 0 Å². The van der Waals surface area contributed by atoms with Crippen molar-refractivity contribution in [1.29, 1.82) is 0 Å². The third kappa shape index (κ3) is 4.87. The number of ether oxygens (including phenoxy) is 2. The number of Topliss-reactive ketones (excluding diaryl/α,β-unsaturated/α-hetero) is 1. The summed E-state index contributed by atoms with van der Waals surface area (Å²) >= 11 is 0. The lowest BCUT2D eigenvalue weighted by atomic mass is 9.90. The van der Waals surface area contributed by atoms with E-state index in [9.17, 15) is 14.7 Å². The molecule has 1 aromatic heterocycles. The molecule has 1 aliphatic rings. The number of carbonyl (C=O) groups is 2. The van der Waals surface area contributed by atoms with E-state index in [1.54, 1.807) is 0 Å². The molecule has 1 heterocycles. The summed E-state index contributed by atoms with van der Waals surface area (Å²) in [7, 11) is 0. The molecule has 0 unspecified atom stereocenters. The van der Waals surface area contributed by atoms with E-state index < -0.39 is 5.97 Å². The Hall–Kier alpha value is -3.80. The van der Waals surface area contributed by atoms with Gasteiger partial charge in [0.05, 0.1) is 25.2 Å². The number of aliphatic carboxylic acids is 1. The summed E-state index contributed by atoms with van der Waals surface area (Å²) in [6.07, 6.45) is 4.16. The Kier molecular flexibility index (Phi) is 6.70. The van der Waals surface area contributed by atoms with Crippen LogP contribution in [-0.4, -0.2) is 34.6 Å². The molecule has 0 saturated heterocycles. The van der Waals surface area contributed by atoms with Gasteiger partial charge in [-0.1, -0.05) is 30.3 Å². The first-order valence-electron chi connectivity index (χ1n) is 12.3. The first-order valence-corrected chi connectivity index (χ1v) is 12.3. The minimum absolute atomic E-state index is 0.0671. The van der Waals surface area contributed by atoms with Crippen molar-refractivity contribution in [3.05, 3.63) is 71.8 Å². The molecule has 4 aromatic rings. The Bertz CT molecular complexity index is 1390. The van der Waals surface area contributed by atoms with Crippen LogP contribution in [0.15, 0.2) is 60.7 Å². The number of carboxylic acid groups (broad SMARTS) is 1. The number of hydrogen-bond donors (Lipinski definition) is 1. The maximum Gasteiger partial charge on any atom is 0.305 e. The van der Waals surface area contributed by atoms with Gasteiger partial charge in [-0.2, -0.15) is 0 Å². The smallest absolute Gasteiger partial charge is 0.305 e. The molecule has 180 valence electrons. The zero-order valence-electron chi connectivity index (χ0n) is 19.7. The summed E-state index contributed by atoms with van der Waals surface area (Å²) in [6, 6.07) is 19.8. The number of unbranched alkanes of at least 4 members (excludes halogenated alkanes) is 1. The standard InChI is InChI=1S/C29H29NO5/c31-27-11-5-9-24-23(27)8-6-12-28(24)35-18-4-3-17-34-20-13-14-22-21-7-1-2-10-25(21)30(26(22)19-20)16-15-29(32)33/h1-2,6-8,10,12-14,19H,3-5,9,11,15-18H2,(H,32,33). The molecule has 5 rings (SSSR count). The molecule has 6 nitrogen and oxygen atoms in total. The van der Waals surface area contributed by atoms with Gasteiger partial charge in [0.1, 0.15) is 11.5 Å². The fraction of sp³-hybridized carbons (Fsp3) is 0.310. The molecule has 0 fully saturated rings. The van der Waals surface area contributed by atoms with Crippen molar-refractivity contribution in [2.24, 2.45) is 0 Å². The van der Waals surface area contributed by atoms with Gasteiger partial charge in [0.2, 0.25) is 0 Å². The fourth-order valence-electron chi connectivity index (χ4n) is 4.92. The maximum atomic E-state index is 12.1. The Morgan fingerprint density at radius 1 is 0.886 bits per heavy atom. The lowest BCUT2D eigenvalue weighted by Crippen LogP contribution is -2.13. The Morgan fingerprint density at radius 2 is 1.69 bits per heavy atom. The van der Waals surface area contributed by atoms with E-state index in [0.29, 0.717) is 26.2 Å². The van der Waals surface area contributed by atoms with Crippen molar-refractivity contribution < 1.29 is 24.2 Å². The second-order valence-electron chi connectivity index (χ2n) is 8.95. The van der Waals surface area contributed by atoms with Crippen LogP contribution in [0.1, 0.15) is 48.0 Å². The van der Waals surface area contributed by atoms with Gasteiger partial charge in [0, 0.05) is 46.4 Å². The van der Waals surface area contributed by atoms with Crippen molar-refractivity contribution in [2.75, 3.05) is 13.2 Å².